The van der Waals surface area contributed by atoms with Gasteiger partial charge in [-0.05, 0) is 24.1 Å². The highest BCUT2D eigenvalue weighted by molar-refractivity contribution is 5.76. The summed E-state index contributed by atoms with van der Waals surface area (Å²) < 4.78 is 16.0. The number of aliphatic hydroxyl groups excluding tert-OH is 1. The van der Waals surface area contributed by atoms with Crippen LogP contribution in [0.15, 0.2) is 18.2 Å². The van der Waals surface area contributed by atoms with Gasteiger partial charge in [0.25, 0.3) is 0 Å². The van der Waals surface area contributed by atoms with E-state index >= 15 is 0 Å². The van der Waals surface area contributed by atoms with Crippen molar-refractivity contribution in [3.63, 3.8) is 0 Å². The van der Waals surface area contributed by atoms with Gasteiger partial charge in [0.2, 0.25) is 6.41 Å². The third-order valence-electron chi connectivity index (χ3n) is 3.89. The molecule has 1 heterocycles. The van der Waals surface area contributed by atoms with Crippen molar-refractivity contribution < 1.29 is 28.9 Å². The molecule has 8 heteroatoms. The number of ether oxygens (including phenoxy) is 3. The first-order valence-electron chi connectivity index (χ1n) is 7.58. The predicted molar refractivity (Wildman–Crippen MR) is 85.4 cm³/mol. The number of benzene rings is 1. The lowest BCUT2D eigenvalue weighted by Crippen LogP contribution is -2.54. The zero-order valence-electron chi connectivity index (χ0n) is 13.7. The SMILES string of the molecule is COC(=O)C1CC(OC)CC(Oc2ccc(CO)cc2NC=O)N1. The van der Waals surface area contributed by atoms with Crippen molar-refractivity contribution in [2.75, 3.05) is 19.5 Å². The number of hydrogen-bond donors (Lipinski definition) is 3. The van der Waals surface area contributed by atoms with Crippen molar-refractivity contribution in [3.05, 3.63) is 23.8 Å². The fraction of sp³-hybridized carbons (Fsp3) is 0.500. The van der Waals surface area contributed by atoms with Gasteiger partial charge in [0.15, 0.2) is 6.23 Å². The minimum absolute atomic E-state index is 0.147. The second-order valence-corrected chi connectivity index (χ2v) is 5.43. The molecule has 8 nitrogen and oxygen atoms in total. The van der Waals surface area contributed by atoms with Gasteiger partial charge >= 0.3 is 5.97 Å². The Morgan fingerprint density at radius 1 is 1.42 bits per heavy atom. The average molecular weight is 338 g/mol. The van der Waals surface area contributed by atoms with E-state index in [-0.39, 0.29) is 18.7 Å². The van der Waals surface area contributed by atoms with E-state index < -0.39 is 12.3 Å². The maximum absolute atomic E-state index is 11.8. The van der Waals surface area contributed by atoms with Crippen LogP contribution in [0.1, 0.15) is 18.4 Å². The molecule has 0 saturated carbocycles. The van der Waals surface area contributed by atoms with Gasteiger partial charge in [-0.2, -0.15) is 0 Å². The molecular weight excluding hydrogens is 316 g/mol. The third kappa shape index (κ3) is 4.44. The normalized spacial score (nSPS) is 23.4. The molecule has 0 spiro atoms. The number of nitrogens with one attached hydrogen (secondary N) is 2. The highest BCUT2D eigenvalue weighted by Gasteiger charge is 2.34. The highest BCUT2D eigenvalue weighted by atomic mass is 16.5. The summed E-state index contributed by atoms with van der Waals surface area (Å²) in [4.78, 5) is 22.6. The monoisotopic (exact) mass is 338 g/mol. The summed E-state index contributed by atoms with van der Waals surface area (Å²) in [7, 11) is 2.91. The molecule has 1 fully saturated rings. The van der Waals surface area contributed by atoms with Gasteiger partial charge in [0.1, 0.15) is 11.8 Å². The molecule has 0 aromatic heterocycles. The van der Waals surface area contributed by atoms with Crippen LogP contribution in [0.5, 0.6) is 5.75 Å². The predicted octanol–water partition coefficient (Wildman–Crippen LogP) is 0.392. The molecule has 0 aliphatic carbocycles. The number of hydrogen-bond acceptors (Lipinski definition) is 7. The number of methoxy groups -OCH3 is 2. The number of anilines is 1. The van der Waals surface area contributed by atoms with Gasteiger partial charge in [0, 0.05) is 13.5 Å². The van der Waals surface area contributed by atoms with Gasteiger partial charge in [0.05, 0.1) is 25.5 Å². The van der Waals surface area contributed by atoms with Crippen molar-refractivity contribution in [3.8, 4) is 5.75 Å². The standard InChI is InChI=1S/C16H22N2O6/c1-22-11-6-13(16(21)23-2)18-15(7-11)24-14-4-3-10(8-19)5-12(14)17-9-20/h3-5,9,11,13,15,18-19H,6-8H2,1-2H3,(H,17,20). The van der Waals surface area contributed by atoms with Crippen LogP contribution in [0, 0.1) is 0 Å². The molecule has 0 radical (unpaired) electrons. The first-order chi connectivity index (χ1) is 11.6. The van der Waals surface area contributed by atoms with Crippen LogP contribution in [0.3, 0.4) is 0 Å². The van der Waals surface area contributed by atoms with Crippen LogP contribution in [0.25, 0.3) is 0 Å². The topological polar surface area (TPSA) is 106 Å². The maximum Gasteiger partial charge on any atom is 0.323 e. The van der Waals surface area contributed by atoms with E-state index in [1.54, 1.807) is 25.3 Å². The smallest absolute Gasteiger partial charge is 0.323 e. The second kappa shape index (κ2) is 8.62. The van der Waals surface area contributed by atoms with Gasteiger partial charge in [-0.25, -0.2) is 0 Å². The fourth-order valence-corrected chi connectivity index (χ4v) is 2.65. The molecule has 1 aliphatic heterocycles. The summed E-state index contributed by atoms with van der Waals surface area (Å²) in [5.41, 5.74) is 1.08. The molecule has 1 aromatic rings. The van der Waals surface area contributed by atoms with Crippen molar-refractivity contribution in [1.82, 2.24) is 5.32 Å². The summed E-state index contributed by atoms with van der Waals surface area (Å²) in [6.07, 6.45) is 0.921. The molecule has 1 aromatic carbocycles. The van der Waals surface area contributed by atoms with Crippen molar-refractivity contribution in [1.29, 1.82) is 0 Å². The van der Waals surface area contributed by atoms with Gasteiger partial charge in [-0.3, -0.25) is 14.9 Å². The van der Waals surface area contributed by atoms with E-state index in [4.69, 9.17) is 14.2 Å². The van der Waals surface area contributed by atoms with E-state index in [0.29, 0.717) is 36.3 Å². The Morgan fingerprint density at radius 2 is 2.21 bits per heavy atom. The van der Waals surface area contributed by atoms with Crippen LogP contribution in [0.4, 0.5) is 5.69 Å². The van der Waals surface area contributed by atoms with Crippen molar-refractivity contribution in [2.45, 2.75) is 37.8 Å². The number of aliphatic hydroxyl groups is 1. The first-order valence-corrected chi connectivity index (χ1v) is 7.58. The van der Waals surface area contributed by atoms with Crippen molar-refractivity contribution >= 4 is 18.1 Å². The average Bonchev–Trinajstić information content (AvgIpc) is 2.62. The van der Waals surface area contributed by atoms with Gasteiger partial charge in [-0.1, -0.05) is 6.07 Å². The summed E-state index contributed by atoms with van der Waals surface area (Å²) in [6, 6.07) is 4.44. The highest BCUT2D eigenvalue weighted by Crippen LogP contribution is 2.28. The largest absolute Gasteiger partial charge is 0.473 e. The second-order valence-electron chi connectivity index (χ2n) is 5.43. The van der Waals surface area contributed by atoms with E-state index in [1.165, 1.54) is 7.11 Å². The number of esters is 1. The van der Waals surface area contributed by atoms with E-state index in [2.05, 4.69) is 10.6 Å². The Bertz CT molecular complexity index is 580. The minimum Gasteiger partial charge on any atom is -0.473 e. The molecule has 0 bridgehead atoms. The molecular formula is C16H22N2O6. The molecule has 132 valence electrons. The molecule has 1 saturated heterocycles. The zero-order chi connectivity index (χ0) is 17.5. The Hall–Kier alpha value is -2.16. The van der Waals surface area contributed by atoms with Gasteiger partial charge < -0.3 is 24.6 Å². The number of amides is 1. The molecule has 24 heavy (non-hydrogen) atoms. The number of carbonyl (C=O) groups excluding carboxylic acids is 2. The molecule has 1 amide bonds. The summed E-state index contributed by atoms with van der Waals surface area (Å²) in [6.45, 7) is -0.147. The summed E-state index contributed by atoms with van der Waals surface area (Å²) in [5, 5.41) is 14.8. The maximum atomic E-state index is 11.8. The van der Waals surface area contributed by atoms with E-state index in [9.17, 15) is 14.7 Å². The molecule has 3 N–H and O–H groups in total. The van der Waals surface area contributed by atoms with E-state index in [0.717, 1.165) is 0 Å². The number of rotatable bonds is 7. The van der Waals surface area contributed by atoms with Crippen LogP contribution in [-0.2, 0) is 25.7 Å². The lowest BCUT2D eigenvalue weighted by molar-refractivity contribution is -0.147. The third-order valence-corrected chi connectivity index (χ3v) is 3.89. The number of carbonyl (C=O) groups is 2. The first kappa shape index (κ1) is 18.2. The van der Waals surface area contributed by atoms with Crippen LogP contribution in [-0.4, -0.2) is 50.1 Å². The van der Waals surface area contributed by atoms with Crippen LogP contribution in [0.2, 0.25) is 0 Å². The lowest BCUT2D eigenvalue weighted by Gasteiger charge is -2.34. The Balaban J connectivity index is 2.16. The summed E-state index contributed by atoms with van der Waals surface area (Å²) in [5.74, 6) is 0.0457. The minimum atomic E-state index is -0.530. The Labute approximate surface area is 140 Å². The van der Waals surface area contributed by atoms with E-state index in [1.807, 2.05) is 0 Å². The molecule has 1 aliphatic rings. The van der Waals surface area contributed by atoms with Crippen LogP contribution >= 0.6 is 0 Å². The molecule has 3 atom stereocenters. The Kier molecular flexibility index (Phi) is 6.53. The van der Waals surface area contributed by atoms with Crippen molar-refractivity contribution in [2.24, 2.45) is 0 Å². The van der Waals surface area contributed by atoms with Crippen LogP contribution < -0.4 is 15.4 Å². The van der Waals surface area contributed by atoms with Gasteiger partial charge in [-0.15, -0.1) is 0 Å². The lowest BCUT2D eigenvalue weighted by atomic mass is 10.0. The Morgan fingerprint density at radius 3 is 2.83 bits per heavy atom. The molecule has 2 rings (SSSR count). The molecule has 3 unspecified atom stereocenters. The summed E-state index contributed by atoms with van der Waals surface area (Å²) >= 11 is 0. The fourth-order valence-electron chi connectivity index (χ4n) is 2.65. The zero-order valence-corrected chi connectivity index (χ0v) is 13.7. The quantitative estimate of drug-likeness (QED) is 0.488. The number of piperidine rings is 1.